The lowest BCUT2D eigenvalue weighted by Crippen LogP contribution is -2.47. The van der Waals surface area contributed by atoms with Gasteiger partial charge in [-0.25, -0.2) is 0 Å². The number of anilines is 1. The highest BCUT2D eigenvalue weighted by atomic mass is 32.2. The van der Waals surface area contributed by atoms with Crippen LogP contribution in [0.1, 0.15) is 0 Å². The van der Waals surface area contributed by atoms with Crippen molar-refractivity contribution in [2.24, 2.45) is 0 Å². The third-order valence-electron chi connectivity index (χ3n) is 3.31. The van der Waals surface area contributed by atoms with Crippen molar-refractivity contribution in [3.05, 3.63) is 24.3 Å². The minimum atomic E-state index is -0.136. The normalized spacial score (nSPS) is 14.5. The van der Waals surface area contributed by atoms with Gasteiger partial charge in [0.05, 0.1) is 24.3 Å². The van der Waals surface area contributed by atoms with Gasteiger partial charge in [0.25, 0.3) is 0 Å². The number of para-hydroxylation sites is 2. The number of benzene rings is 1. The molecule has 1 aliphatic heterocycles. The molecule has 0 radical (unpaired) electrons. The molecule has 1 aromatic carbocycles. The molecular formula is C15H21N3O3S. The van der Waals surface area contributed by atoms with Gasteiger partial charge >= 0.3 is 0 Å². The van der Waals surface area contributed by atoms with E-state index in [2.05, 4.69) is 10.6 Å². The summed E-state index contributed by atoms with van der Waals surface area (Å²) in [6, 6.07) is 7.25. The summed E-state index contributed by atoms with van der Waals surface area (Å²) in [4.78, 5) is 25.7. The number of carbonyl (C=O) groups excluding carboxylic acids is 2. The van der Waals surface area contributed by atoms with Crippen molar-refractivity contribution in [1.82, 2.24) is 10.2 Å². The summed E-state index contributed by atoms with van der Waals surface area (Å²) >= 11 is 1.33. The van der Waals surface area contributed by atoms with Crippen molar-refractivity contribution in [2.75, 3.05) is 50.1 Å². The van der Waals surface area contributed by atoms with Gasteiger partial charge in [-0.2, -0.15) is 0 Å². The Hall–Kier alpha value is -1.73. The molecule has 1 aliphatic rings. The lowest BCUT2D eigenvalue weighted by Gasteiger charge is -2.27. The summed E-state index contributed by atoms with van der Waals surface area (Å²) in [5.41, 5.74) is 0.643. The van der Waals surface area contributed by atoms with E-state index in [0.29, 0.717) is 17.2 Å². The summed E-state index contributed by atoms with van der Waals surface area (Å²) in [7, 11) is 1.56. The number of rotatable bonds is 6. The minimum absolute atomic E-state index is 0.0941. The highest BCUT2D eigenvalue weighted by Crippen LogP contribution is 2.23. The van der Waals surface area contributed by atoms with Crippen LogP contribution in [0.5, 0.6) is 5.75 Å². The lowest BCUT2D eigenvalue weighted by molar-refractivity contribution is -0.128. The quantitative estimate of drug-likeness (QED) is 0.810. The van der Waals surface area contributed by atoms with Crippen LogP contribution in [0.15, 0.2) is 24.3 Å². The molecule has 2 N–H and O–H groups in total. The van der Waals surface area contributed by atoms with Crippen LogP contribution >= 0.6 is 11.8 Å². The first-order valence-electron chi connectivity index (χ1n) is 7.20. The fourth-order valence-corrected chi connectivity index (χ4v) is 2.89. The number of hydrogen-bond acceptors (Lipinski definition) is 5. The molecule has 0 atom stereocenters. The first-order valence-corrected chi connectivity index (χ1v) is 8.35. The van der Waals surface area contributed by atoms with Gasteiger partial charge in [0.2, 0.25) is 11.8 Å². The highest BCUT2D eigenvalue weighted by molar-refractivity contribution is 8.00. The van der Waals surface area contributed by atoms with Crippen molar-refractivity contribution in [2.45, 2.75) is 0 Å². The Balaban J connectivity index is 1.72. The third-order valence-corrected chi connectivity index (χ3v) is 4.23. The summed E-state index contributed by atoms with van der Waals surface area (Å²) in [6.07, 6.45) is 0. The minimum Gasteiger partial charge on any atom is -0.495 e. The molecule has 2 amide bonds. The van der Waals surface area contributed by atoms with Crippen molar-refractivity contribution in [1.29, 1.82) is 0 Å². The Kier molecular flexibility index (Phi) is 6.54. The number of methoxy groups -OCH3 is 1. The highest BCUT2D eigenvalue weighted by Gasteiger charge is 2.16. The Morgan fingerprint density at radius 1 is 1.27 bits per heavy atom. The predicted molar refractivity (Wildman–Crippen MR) is 88.4 cm³/mol. The van der Waals surface area contributed by atoms with Gasteiger partial charge in [-0.1, -0.05) is 12.1 Å². The number of carbonyl (C=O) groups is 2. The zero-order valence-corrected chi connectivity index (χ0v) is 13.4. The van der Waals surface area contributed by atoms with Crippen molar-refractivity contribution < 1.29 is 14.3 Å². The SMILES string of the molecule is COc1ccccc1NC(=O)CSCC(=O)N1CCNCC1. The maximum Gasteiger partial charge on any atom is 0.234 e. The number of amides is 2. The molecule has 120 valence electrons. The van der Waals surface area contributed by atoms with E-state index in [0.717, 1.165) is 26.2 Å². The monoisotopic (exact) mass is 323 g/mol. The molecule has 0 saturated carbocycles. The van der Waals surface area contributed by atoms with Crippen LogP contribution in [0, 0.1) is 0 Å². The van der Waals surface area contributed by atoms with E-state index in [-0.39, 0.29) is 17.6 Å². The van der Waals surface area contributed by atoms with Gasteiger partial charge in [-0.05, 0) is 12.1 Å². The second-order valence-corrected chi connectivity index (χ2v) is 5.86. The zero-order valence-electron chi connectivity index (χ0n) is 12.6. The molecule has 0 bridgehead atoms. The van der Waals surface area contributed by atoms with Gasteiger partial charge in [0.1, 0.15) is 5.75 Å². The van der Waals surface area contributed by atoms with Crippen LogP contribution in [0.4, 0.5) is 5.69 Å². The maximum atomic E-state index is 12.0. The van der Waals surface area contributed by atoms with E-state index in [1.54, 1.807) is 19.2 Å². The van der Waals surface area contributed by atoms with Crippen LogP contribution in [0.2, 0.25) is 0 Å². The van der Waals surface area contributed by atoms with E-state index >= 15 is 0 Å². The molecular weight excluding hydrogens is 302 g/mol. The molecule has 0 aliphatic carbocycles. The van der Waals surface area contributed by atoms with E-state index in [9.17, 15) is 9.59 Å². The Morgan fingerprint density at radius 2 is 2.00 bits per heavy atom. The van der Waals surface area contributed by atoms with Crippen molar-refractivity contribution >= 4 is 29.3 Å². The molecule has 0 aromatic heterocycles. The zero-order chi connectivity index (χ0) is 15.8. The average molecular weight is 323 g/mol. The van der Waals surface area contributed by atoms with Crippen LogP contribution < -0.4 is 15.4 Å². The number of ether oxygens (including phenoxy) is 1. The molecule has 1 fully saturated rings. The largest absolute Gasteiger partial charge is 0.495 e. The summed E-state index contributed by atoms with van der Waals surface area (Å²) in [5.74, 6) is 1.16. The van der Waals surface area contributed by atoms with E-state index < -0.39 is 0 Å². The standard InChI is InChI=1S/C15H21N3O3S/c1-21-13-5-3-2-4-12(13)17-14(19)10-22-11-15(20)18-8-6-16-7-9-18/h2-5,16H,6-11H2,1H3,(H,17,19). The molecule has 0 spiro atoms. The van der Waals surface area contributed by atoms with Crippen molar-refractivity contribution in [3.63, 3.8) is 0 Å². The summed E-state index contributed by atoms with van der Waals surface area (Å²) < 4.78 is 5.18. The molecule has 1 aromatic rings. The molecule has 22 heavy (non-hydrogen) atoms. The average Bonchev–Trinajstić information content (AvgIpc) is 2.56. The molecule has 6 nitrogen and oxygen atoms in total. The topological polar surface area (TPSA) is 70.7 Å². The van der Waals surface area contributed by atoms with Crippen LogP contribution in [-0.4, -0.2) is 61.5 Å². The van der Waals surface area contributed by atoms with Gasteiger partial charge in [0, 0.05) is 26.2 Å². The van der Waals surface area contributed by atoms with Crippen molar-refractivity contribution in [3.8, 4) is 5.75 Å². The first-order chi connectivity index (χ1) is 10.7. The van der Waals surface area contributed by atoms with Crippen LogP contribution in [0.25, 0.3) is 0 Å². The van der Waals surface area contributed by atoms with Crippen LogP contribution in [0.3, 0.4) is 0 Å². The van der Waals surface area contributed by atoms with Gasteiger partial charge < -0.3 is 20.3 Å². The van der Waals surface area contributed by atoms with E-state index in [4.69, 9.17) is 4.74 Å². The fraction of sp³-hybridized carbons (Fsp3) is 0.467. The lowest BCUT2D eigenvalue weighted by atomic mass is 10.3. The number of nitrogens with zero attached hydrogens (tertiary/aromatic N) is 1. The van der Waals surface area contributed by atoms with Gasteiger partial charge in [-0.3, -0.25) is 9.59 Å². The number of thioether (sulfide) groups is 1. The van der Waals surface area contributed by atoms with E-state index in [1.807, 2.05) is 17.0 Å². The summed E-state index contributed by atoms with van der Waals surface area (Å²) in [6.45, 7) is 3.16. The first kappa shape index (κ1) is 16.6. The van der Waals surface area contributed by atoms with E-state index in [1.165, 1.54) is 11.8 Å². The Labute approximate surface area is 134 Å². The fourth-order valence-electron chi connectivity index (χ4n) is 2.17. The third kappa shape index (κ3) is 4.92. The second kappa shape index (κ2) is 8.65. The number of nitrogens with one attached hydrogen (secondary N) is 2. The van der Waals surface area contributed by atoms with Crippen LogP contribution in [-0.2, 0) is 9.59 Å². The molecule has 2 rings (SSSR count). The molecule has 7 heteroatoms. The Bertz CT molecular complexity index is 519. The number of piperazine rings is 1. The number of hydrogen-bond donors (Lipinski definition) is 2. The molecule has 0 unspecified atom stereocenters. The van der Waals surface area contributed by atoms with Gasteiger partial charge in [0.15, 0.2) is 0 Å². The molecule has 1 heterocycles. The molecule has 1 saturated heterocycles. The maximum absolute atomic E-state index is 12.0. The smallest absolute Gasteiger partial charge is 0.234 e. The Morgan fingerprint density at radius 3 is 2.73 bits per heavy atom. The second-order valence-electron chi connectivity index (χ2n) is 4.87. The summed E-state index contributed by atoms with van der Waals surface area (Å²) in [5, 5.41) is 6.00. The van der Waals surface area contributed by atoms with Gasteiger partial charge in [-0.15, -0.1) is 11.8 Å². The predicted octanol–water partition coefficient (Wildman–Crippen LogP) is 0.799.